The molecule has 1 aromatic carbocycles. The minimum atomic E-state index is -0.295. The lowest BCUT2D eigenvalue weighted by Crippen LogP contribution is -2.20. The zero-order chi connectivity index (χ0) is 14.5. The summed E-state index contributed by atoms with van der Waals surface area (Å²) >= 11 is 7.29. The molecule has 2 rings (SSSR count). The maximum Gasteiger partial charge on any atom is 0.264 e. The van der Waals surface area contributed by atoms with E-state index in [-0.39, 0.29) is 18.4 Å². The van der Waals surface area contributed by atoms with Crippen molar-refractivity contribution in [1.29, 1.82) is 0 Å². The van der Waals surface area contributed by atoms with Crippen LogP contribution in [0.25, 0.3) is 0 Å². The second-order valence-corrected chi connectivity index (χ2v) is 5.78. The van der Waals surface area contributed by atoms with E-state index in [1.807, 2.05) is 13.8 Å². The summed E-state index contributed by atoms with van der Waals surface area (Å²) in [5.74, 6) is 0.471. The molecule has 0 fully saturated rings. The SMILES string of the molecule is CC(C)c1nnc(NC(=O)COc2ccccc2Cl)s1. The number of nitrogens with zero attached hydrogens (tertiary/aromatic N) is 2. The summed E-state index contributed by atoms with van der Waals surface area (Å²) in [5, 5.41) is 12.4. The first-order chi connectivity index (χ1) is 9.56. The van der Waals surface area contributed by atoms with E-state index in [9.17, 15) is 4.79 Å². The standard InChI is InChI=1S/C13H14ClN3O2S/c1-8(2)12-16-17-13(20-12)15-11(18)7-19-10-6-4-3-5-9(10)14/h3-6,8H,7H2,1-2H3,(H,15,17,18). The summed E-state index contributed by atoms with van der Waals surface area (Å²) in [6.45, 7) is 3.92. The van der Waals surface area contributed by atoms with Crippen molar-refractivity contribution in [1.82, 2.24) is 10.2 Å². The highest BCUT2D eigenvalue weighted by atomic mass is 35.5. The molecular weight excluding hydrogens is 298 g/mol. The monoisotopic (exact) mass is 311 g/mol. The van der Waals surface area contributed by atoms with Gasteiger partial charge in [0.05, 0.1) is 5.02 Å². The second kappa shape index (κ2) is 6.67. The number of para-hydroxylation sites is 1. The number of amides is 1. The summed E-state index contributed by atoms with van der Waals surface area (Å²) in [6.07, 6.45) is 0. The van der Waals surface area contributed by atoms with Gasteiger partial charge in [0, 0.05) is 5.92 Å². The van der Waals surface area contributed by atoms with Crippen molar-refractivity contribution in [3.05, 3.63) is 34.3 Å². The van der Waals surface area contributed by atoms with E-state index in [2.05, 4.69) is 15.5 Å². The van der Waals surface area contributed by atoms with Gasteiger partial charge in [-0.15, -0.1) is 10.2 Å². The number of hydrogen-bond donors (Lipinski definition) is 1. The highest BCUT2D eigenvalue weighted by molar-refractivity contribution is 7.15. The molecule has 0 atom stereocenters. The number of aromatic nitrogens is 2. The van der Waals surface area contributed by atoms with E-state index in [0.29, 0.717) is 15.9 Å². The predicted octanol–water partition coefficient (Wildman–Crippen LogP) is 3.33. The Labute approximate surface area is 125 Å². The highest BCUT2D eigenvalue weighted by Gasteiger charge is 2.11. The molecule has 0 spiro atoms. The molecule has 0 bridgehead atoms. The summed E-state index contributed by atoms with van der Waals surface area (Å²) in [4.78, 5) is 11.7. The molecule has 0 radical (unpaired) electrons. The average molecular weight is 312 g/mol. The lowest BCUT2D eigenvalue weighted by Gasteiger charge is -2.06. The third-order valence-corrected chi connectivity index (χ3v) is 3.83. The molecule has 1 heterocycles. The molecule has 2 aromatic rings. The molecule has 0 aliphatic rings. The van der Waals surface area contributed by atoms with Crippen molar-refractivity contribution in [2.45, 2.75) is 19.8 Å². The fourth-order valence-electron chi connectivity index (χ4n) is 1.38. The maximum absolute atomic E-state index is 11.7. The van der Waals surface area contributed by atoms with Crippen LogP contribution in [-0.2, 0) is 4.79 Å². The van der Waals surface area contributed by atoms with Crippen LogP contribution in [0.15, 0.2) is 24.3 Å². The van der Waals surface area contributed by atoms with Gasteiger partial charge < -0.3 is 4.74 Å². The number of hydrogen-bond acceptors (Lipinski definition) is 5. The Bertz CT molecular complexity index is 601. The Hall–Kier alpha value is -1.66. The number of carbonyl (C=O) groups is 1. The molecule has 1 aromatic heterocycles. The smallest absolute Gasteiger partial charge is 0.264 e. The van der Waals surface area contributed by atoms with Gasteiger partial charge in [0.25, 0.3) is 5.91 Å². The van der Waals surface area contributed by atoms with Crippen LogP contribution in [0.4, 0.5) is 5.13 Å². The molecule has 0 saturated heterocycles. The Balaban J connectivity index is 1.88. The minimum absolute atomic E-state index is 0.125. The van der Waals surface area contributed by atoms with E-state index in [4.69, 9.17) is 16.3 Å². The predicted molar refractivity (Wildman–Crippen MR) is 79.6 cm³/mol. The fourth-order valence-corrected chi connectivity index (χ4v) is 2.33. The maximum atomic E-state index is 11.7. The Morgan fingerprint density at radius 2 is 2.15 bits per heavy atom. The van der Waals surface area contributed by atoms with Gasteiger partial charge in [-0.05, 0) is 12.1 Å². The van der Waals surface area contributed by atoms with Crippen LogP contribution in [-0.4, -0.2) is 22.7 Å². The summed E-state index contributed by atoms with van der Waals surface area (Å²) in [5.41, 5.74) is 0. The molecule has 0 aliphatic carbocycles. The van der Waals surface area contributed by atoms with Crippen molar-refractivity contribution in [2.75, 3.05) is 11.9 Å². The first-order valence-corrected chi connectivity index (χ1v) is 7.26. The number of rotatable bonds is 5. The normalized spacial score (nSPS) is 10.6. The minimum Gasteiger partial charge on any atom is -0.482 e. The van der Waals surface area contributed by atoms with E-state index >= 15 is 0 Å². The molecule has 0 aliphatic heterocycles. The molecular formula is C13H14ClN3O2S. The largest absolute Gasteiger partial charge is 0.482 e. The summed E-state index contributed by atoms with van der Waals surface area (Å²) in [7, 11) is 0. The third-order valence-electron chi connectivity index (χ3n) is 2.38. The number of halogens is 1. The van der Waals surface area contributed by atoms with Crippen LogP contribution in [0.2, 0.25) is 5.02 Å². The van der Waals surface area contributed by atoms with Crippen molar-refractivity contribution in [3.8, 4) is 5.75 Å². The lowest BCUT2D eigenvalue weighted by molar-refractivity contribution is -0.118. The lowest BCUT2D eigenvalue weighted by atomic mass is 10.2. The number of benzene rings is 1. The molecule has 5 nitrogen and oxygen atoms in total. The molecule has 1 N–H and O–H groups in total. The topological polar surface area (TPSA) is 64.1 Å². The van der Waals surface area contributed by atoms with Crippen molar-refractivity contribution in [2.24, 2.45) is 0 Å². The first kappa shape index (κ1) is 14.7. The van der Waals surface area contributed by atoms with Crippen LogP contribution in [0, 0.1) is 0 Å². The number of anilines is 1. The quantitative estimate of drug-likeness (QED) is 0.920. The number of ether oxygens (including phenoxy) is 1. The van der Waals surface area contributed by atoms with Gasteiger partial charge in [0.2, 0.25) is 5.13 Å². The Morgan fingerprint density at radius 1 is 1.40 bits per heavy atom. The van der Waals surface area contributed by atoms with Crippen LogP contribution in [0.5, 0.6) is 5.75 Å². The van der Waals surface area contributed by atoms with Gasteiger partial charge in [-0.25, -0.2) is 0 Å². The van der Waals surface area contributed by atoms with Crippen molar-refractivity contribution in [3.63, 3.8) is 0 Å². The van der Waals surface area contributed by atoms with Gasteiger partial charge >= 0.3 is 0 Å². The van der Waals surface area contributed by atoms with E-state index in [1.165, 1.54) is 11.3 Å². The van der Waals surface area contributed by atoms with Gasteiger partial charge in [0.15, 0.2) is 6.61 Å². The third kappa shape index (κ3) is 3.91. The average Bonchev–Trinajstić information content (AvgIpc) is 2.86. The van der Waals surface area contributed by atoms with Gasteiger partial charge in [0.1, 0.15) is 10.8 Å². The van der Waals surface area contributed by atoms with Crippen LogP contribution in [0.3, 0.4) is 0 Å². The van der Waals surface area contributed by atoms with Gasteiger partial charge in [-0.3, -0.25) is 10.1 Å². The first-order valence-electron chi connectivity index (χ1n) is 6.07. The van der Waals surface area contributed by atoms with E-state index in [0.717, 1.165) is 5.01 Å². The van der Waals surface area contributed by atoms with E-state index < -0.39 is 0 Å². The zero-order valence-electron chi connectivity index (χ0n) is 11.1. The molecule has 0 saturated carbocycles. The molecule has 20 heavy (non-hydrogen) atoms. The Kier molecular flexibility index (Phi) is 4.92. The van der Waals surface area contributed by atoms with Gasteiger partial charge in [-0.2, -0.15) is 0 Å². The fraction of sp³-hybridized carbons (Fsp3) is 0.308. The Morgan fingerprint density at radius 3 is 2.80 bits per heavy atom. The summed E-state index contributed by atoms with van der Waals surface area (Å²) < 4.78 is 5.34. The highest BCUT2D eigenvalue weighted by Crippen LogP contribution is 2.24. The molecule has 1 amide bonds. The molecule has 7 heteroatoms. The van der Waals surface area contributed by atoms with Crippen LogP contribution >= 0.6 is 22.9 Å². The van der Waals surface area contributed by atoms with Crippen molar-refractivity contribution >= 4 is 34.0 Å². The molecule has 106 valence electrons. The van der Waals surface area contributed by atoms with E-state index in [1.54, 1.807) is 24.3 Å². The van der Waals surface area contributed by atoms with Gasteiger partial charge in [-0.1, -0.05) is 48.9 Å². The second-order valence-electron chi connectivity index (χ2n) is 4.37. The number of nitrogens with one attached hydrogen (secondary N) is 1. The number of carbonyl (C=O) groups excluding carboxylic acids is 1. The molecule has 0 unspecified atom stereocenters. The van der Waals surface area contributed by atoms with Crippen LogP contribution < -0.4 is 10.1 Å². The summed E-state index contributed by atoms with van der Waals surface area (Å²) in [6, 6.07) is 6.99. The van der Waals surface area contributed by atoms with Crippen LogP contribution in [0.1, 0.15) is 24.8 Å². The van der Waals surface area contributed by atoms with Crippen molar-refractivity contribution < 1.29 is 9.53 Å². The zero-order valence-corrected chi connectivity index (χ0v) is 12.7.